The Morgan fingerprint density at radius 1 is 1.19 bits per heavy atom. The molecule has 1 aromatic heterocycles. The SMILES string of the molecule is Cc1nc(NC(=O)CN(C(=O)c2ccc(Br)cc2)C2CCCCC2)sc1C. The van der Waals surface area contributed by atoms with E-state index in [4.69, 9.17) is 0 Å². The first-order valence-electron chi connectivity index (χ1n) is 9.24. The summed E-state index contributed by atoms with van der Waals surface area (Å²) < 4.78 is 0.926. The molecule has 27 heavy (non-hydrogen) atoms. The Morgan fingerprint density at radius 2 is 1.85 bits per heavy atom. The number of aryl methyl sites for hydroxylation is 2. The lowest BCUT2D eigenvalue weighted by Gasteiger charge is -2.34. The second-order valence-corrected chi connectivity index (χ2v) is 9.06. The Bertz CT molecular complexity index is 794. The number of thiazole rings is 1. The highest BCUT2D eigenvalue weighted by Gasteiger charge is 2.28. The molecule has 1 aliphatic rings. The zero-order valence-electron chi connectivity index (χ0n) is 15.6. The molecule has 144 valence electrons. The van der Waals surface area contributed by atoms with Crippen LogP contribution >= 0.6 is 27.3 Å². The fourth-order valence-electron chi connectivity index (χ4n) is 3.36. The second-order valence-electron chi connectivity index (χ2n) is 6.94. The van der Waals surface area contributed by atoms with Crippen molar-refractivity contribution in [1.82, 2.24) is 9.88 Å². The lowest BCUT2D eigenvalue weighted by Crippen LogP contribution is -2.45. The fourth-order valence-corrected chi connectivity index (χ4v) is 4.45. The van der Waals surface area contributed by atoms with Crippen LogP contribution in [0.5, 0.6) is 0 Å². The van der Waals surface area contributed by atoms with E-state index in [1.165, 1.54) is 17.8 Å². The molecule has 0 atom stereocenters. The number of carbonyl (C=O) groups is 2. The maximum Gasteiger partial charge on any atom is 0.254 e. The summed E-state index contributed by atoms with van der Waals surface area (Å²) in [6.07, 6.45) is 5.29. The summed E-state index contributed by atoms with van der Waals surface area (Å²) in [5, 5.41) is 3.45. The summed E-state index contributed by atoms with van der Waals surface area (Å²) in [7, 11) is 0. The third kappa shape index (κ3) is 5.17. The smallest absolute Gasteiger partial charge is 0.254 e. The molecule has 2 aromatic rings. The molecule has 0 saturated heterocycles. The molecule has 0 unspecified atom stereocenters. The standard InChI is InChI=1S/C20H24BrN3O2S/c1-13-14(2)27-20(22-13)23-18(25)12-24(17-6-4-3-5-7-17)19(26)15-8-10-16(21)11-9-15/h8-11,17H,3-7,12H2,1-2H3,(H,22,23,25). The van der Waals surface area contributed by atoms with Gasteiger partial charge in [-0.05, 0) is 51.0 Å². The molecule has 0 aliphatic heterocycles. The molecule has 5 nitrogen and oxygen atoms in total. The van der Waals surface area contributed by atoms with Crippen LogP contribution in [0.3, 0.4) is 0 Å². The van der Waals surface area contributed by atoms with Gasteiger partial charge in [0.25, 0.3) is 5.91 Å². The van der Waals surface area contributed by atoms with Gasteiger partial charge in [0.05, 0.1) is 5.69 Å². The predicted octanol–water partition coefficient (Wildman–Crippen LogP) is 4.94. The van der Waals surface area contributed by atoms with Gasteiger partial charge in [0.15, 0.2) is 5.13 Å². The number of hydrogen-bond donors (Lipinski definition) is 1. The van der Waals surface area contributed by atoms with Crippen molar-refractivity contribution in [2.45, 2.75) is 52.0 Å². The fraction of sp³-hybridized carbons (Fsp3) is 0.450. The lowest BCUT2D eigenvalue weighted by atomic mass is 9.93. The van der Waals surface area contributed by atoms with Crippen molar-refractivity contribution in [2.24, 2.45) is 0 Å². The topological polar surface area (TPSA) is 62.3 Å². The molecule has 2 amide bonds. The Balaban J connectivity index is 1.75. The molecule has 7 heteroatoms. The Labute approximate surface area is 172 Å². The van der Waals surface area contributed by atoms with Crippen molar-refractivity contribution in [3.8, 4) is 0 Å². The summed E-state index contributed by atoms with van der Waals surface area (Å²) in [4.78, 5) is 32.9. The van der Waals surface area contributed by atoms with Gasteiger partial charge in [0.2, 0.25) is 5.91 Å². The molecule has 1 aliphatic carbocycles. The van der Waals surface area contributed by atoms with Gasteiger partial charge in [-0.3, -0.25) is 9.59 Å². The minimum absolute atomic E-state index is 0.0528. The van der Waals surface area contributed by atoms with Gasteiger partial charge in [-0.2, -0.15) is 0 Å². The number of benzene rings is 1. The van der Waals surface area contributed by atoms with E-state index in [2.05, 4.69) is 26.2 Å². The van der Waals surface area contributed by atoms with Crippen molar-refractivity contribution in [1.29, 1.82) is 0 Å². The van der Waals surface area contributed by atoms with E-state index in [0.717, 1.165) is 40.7 Å². The highest BCUT2D eigenvalue weighted by atomic mass is 79.9. The van der Waals surface area contributed by atoms with Crippen LogP contribution in [-0.4, -0.2) is 34.3 Å². The average molecular weight is 450 g/mol. The number of nitrogens with one attached hydrogen (secondary N) is 1. The van der Waals surface area contributed by atoms with E-state index in [-0.39, 0.29) is 24.4 Å². The van der Waals surface area contributed by atoms with E-state index in [9.17, 15) is 9.59 Å². The van der Waals surface area contributed by atoms with Gasteiger partial charge in [-0.25, -0.2) is 4.98 Å². The number of aromatic nitrogens is 1. The number of rotatable bonds is 5. The monoisotopic (exact) mass is 449 g/mol. The largest absolute Gasteiger partial charge is 0.326 e. The zero-order chi connectivity index (χ0) is 19.4. The van der Waals surface area contributed by atoms with Crippen molar-refractivity contribution in [2.75, 3.05) is 11.9 Å². The number of halogens is 1. The van der Waals surface area contributed by atoms with Gasteiger partial charge in [0, 0.05) is 21.0 Å². The van der Waals surface area contributed by atoms with Crippen molar-refractivity contribution in [3.63, 3.8) is 0 Å². The molecule has 1 fully saturated rings. The zero-order valence-corrected chi connectivity index (χ0v) is 18.0. The molecular formula is C20H24BrN3O2S. The summed E-state index contributed by atoms with van der Waals surface area (Å²) in [6.45, 7) is 3.96. The molecule has 1 N–H and O–H groups in total. The molecule has 3 rings (SSSR count). The van der Waals surface area contributed by atoms with Gasteiger partial charge in [-0.1, -0.05) is 35.2 Å². The van der Waals surface area contributed by atoms with Crippen LogP contribution in [0.4, 0.5) is 5.13 Å². The minimum Gasteiger partial charge on any atom is -0.326 e. The van der Waals surface area contributed by atoms with Crippen molar-refractivity contribution in [3.05, 3.63) is 44.9 Å². The van der Waals surface area contributed by atoms with E-state index in [1.54, 1.807) is 17.0 Å². The first kappa shape index (κ1) is 20.0. The molecule has 0 radical (unpaired) electrons. The highest BCUT2D eigenvalue weighted by Crippen LogP contribution is 2.25. The quantitative estimate of drug-likeness (QED) is 0.702. The molecule has 1 saturated carbocycles. The van der Waals surface area contributed by atoms with Crippen molar-refractivity contribution < 1.29 is 9.59 Å². The van der Waals surface area contributed by atoms with E-state index < -0.39 is 0 Å². The molecule has 0 bridgehead atoms. The highest BCUT2D eigenvalue weighted by molar-refractivity contribution is 9.10. The Kier molecular flexibility index (Phi) is 6.65. The van der Waals surface area contributed by atoms with Crippen LogP contribution in [0.1, 0.15) is 53.0 Å². The van der Waals surface area contributed by atoms with Crippen LogP contribution in [0.25, 0.3) is 0 Å². The Morgan fingerprint density at radius 3 is 2.44 bits per heavy atom. The van der Waals surface area contributed by atoms with Crippen LogP contribution in [0.15, 0.2) is 28.7 Å². The third-order valence-electron chi connectivity index (χ3n) is 4.96. The Hall–Kier alpha value is -1.73. The van der Waals surface area contributed by atoms with Crippen LogP contribution in [-0.2, 0) is 4.79 Å². The predicted molar refractivity (Wildman–Crippen MR) is 112 cm³/mol. The number of amides is 2. The molecular weight excluding hydrogens is 426 g/mol. The minimum atomic E-state index is -0.195. The van der Waals surface area contributed by atoms with Crippen LogP contribution < -0.4 is 5.32 Å². The molecule has 1 aromatic carbocycles. The normalized spacial score (nSPS) is 14.8. The number of anilines is 1. The number of carbonyl (C=O) groups excluding carboxylic acids is 2. The average Bonchev–Trinajstić information content (AvgIpc) is 2.97. The maximum absolute atomic E-state index is 13.1. The van der Waals surface area contributed by atoms with Gasteiger partial charge >= 0.3 is 0 Å². The summed E-state index contributed by atoms with van der Waals surface area (Å²) >= 11 is 4.86. The van der Waals surface area contributed by atoms with Gasteiger partial charge in [-0.15, -0.1) is 11.3 Å². The summed E-state index contributed by atoms with van der Waals surface area (Å²) in [5.74, 6) is -0.282. The van der Waals surface area contributed by atoms with E-state index in [0.29, 0.717) is 10.7 Å². The second kappa shape index (κ2) is 8.97. The number of nitrogens with zero attached hydrogens (tertiary/aromatic N) is 2. The van der Waals surface area contributed by atoms with Gasteiger partial charge < -0.3 is 10.2 Å². The third-order valence-corrected chi connectivity index (χ3v) is 6.47. The first-order chi connectivity index (χ1) is 12.9. The van der Waals surface area contributed by atoms with Crippen LogP contribution in [0.2, 0.25) is 0 Å². The van der Waals surface area contributed by atoms with E-state index >= 15 is 0 Å². The first-order valence-corrected chi connectivity index (χ1v) is 10.9. The molecule has 0 spiro atoms. The number of hydrogen-bond acceptors (Lipinski definition) is 4. The maximum atomic E-state index is 13.1. The summed E-state index contributed by atoms with van der Waals surface area (Å²) in [6, 6.07) is 7.42. The lowest BCUT2D eigenvalue weighted by molar-refractivity contribution is -0.117. The van der Waals surface area contributed by atoms with Crippen LogP contribution in [0, 0.1) is 13.8 Å². The summed E-state index contributed by atoms with van der Waals surface area (Å²) in [5.41, 5.74) is 1.53. The molecule has 1 heterocycles. The van der Waals surface area contributed by atoms with Crippen molar-refractivity contribution >= 4 is 44.2 Å². The van der Waals surface area contributed by atoms with Gasteiger partial charge in [0.1, 0.15) is 6.54 Å². The van der Waals surface area contributed by atoms with E-state index in [1.807, 2.05) is 26.0 Å².